The van der Waals surface area contributed by atoms with Crippen molar-refractivity contribution in [1.29, 1.82) is 0 Å². The highest BCUT2D eigenvalue weighted by Gasteiger charge is 2.42. The summed E-state index contributed by atoms with van der Waals surface area (Å²) in [7, 11) is 0. The van der Waals surface area contributed by atoms with Gasteiger partial charge in [0.05, 0.1) is 37.7 Å². The highest BCUT2D eigenvalue weighted by Crippen LogP contribution is 2.35. The van der Waals surface area contributed by atoms with Gasteiger partial charge in [0.2, 0.25) is 5.91 Å². The van der Waals surface area contributed by atoms with Gasteiger partial charge in [-0.25, -0.2) is 0 Å². The minimum Gasteiger partial charge on any atom is -0.375 e. The first-order chi connectivity index (χ1) is 13.7. The molecule has 3 unspecified atom stereocenters. The van der Waals surface area contributed by atoms with Crippen LogP contribution in [0.1, 0.15) is 56.3 Å². The lowest BCUT2D eigenvalue weighted by atomic mass is 9.96. The average Bonchev–Trinajstić information content (AvgIpc) is 3.11. The van der Waals surface area contributed by atoms with Crippen LogP contribution in [0, 0.1) is 12.8 Å². The molecule has 3 atom stereocenters. The van der Waals surface area contributed by atoms with E-state index in [2.05, 4.69) is 16.0 Å². The van der Waals surface area contributed by atoms with Crippen molar-refractivity contribution in [3.8, 4) is 0 Å². The van der Waals surface area contributed by atoms with E-state index in [0.29, 0.717) is 32.2 Å². The molecule has 0 bridgehead atoms. The van der Waals surface area contributed by atoms with Crippen LogP contribution in [0.2, 0.25) is 0 Å². The smallest absolute Gasteiger partial charge is 0.227 e. The van der Waals surface area contributed by atoms with Crippen molar-refractivity contribution in [2.75, 3.05) is 19.8 Å². The highest BCUT2D eigenvalue weighted by molar-refractivity contribution is 5.79. The normalized spacial score (nSPS) is 27.4. The largest absolute Gasteiger partial charge is 0.375 e. The van der Waals surface area contributed by atoms with Gasteiger partial charge < -0.3 is 14.4 Å². The Morgan fingerprint density at radius 3 is 3.07 bits per heavy atom. The first kappa shape index (κ1) is 19.6. The second-order valence-corrected chi connectivity index (χ2v) is 8.47. The lowest BCUT2D eigenvalue weighted by molar-refractivity contribution is -0.143. The maximum Gasteiger partial charge on any atom is 0.227 e. The van der Waals surface area contributed by atoms with Crippen molar-refractivity contribution >= 4 is 5.91 Å². The van der Waals surface area contributed by atoms with Gasteiger partial charge in [-0.3, -0.25) is 9.78 Å². The molecule has 1 aromatic rings. The molecule has 1 aromatic heterocycles. The van der Waals surface area contributed by atoms with Crippen molar-refractivity contribution in [2.24, 2.45) is 5.92 Å². The SMILES string of the molecule is Cc1cccc(COCC2CC3OCCN(C(=O)CC4=CCCCC4)C3C2)n1. The molecule has 0 N–H and O–H groups in total. The molecule has 2 heterocycles. The van der Waals surface area contributed by atoms with E-state index >= 15 is 0 Å². The number of hydrogen-bond acceptors (Lipinski definition) is 4. The molecule has 2 aliphatic carbocycles. The van der Waals surface area contributed by atoms with Crippen molar-refractivity contribution in [3.63, 3.8) is 0 Å². The standard InChI is InChI=1S/C23H32N2O3/c1-17-6-5-9-20(24-17)16-27-15-19-12-21-22(13-19)28-11-10-25(21)23(26)14-18-7-3-2-4-8-18/h5-7,9,19,21-22H,2-4,8,10-16H2,1H3. The van der Waals surface area contributed by atoms with E-state index in [1.807, 2.05) is 25.1 Å². The zero-order valence-electron chi connectivity index (χ0n) is 16.9. The third kappa shape index (κ3) is 4.81. The number of carbonyl (C=O) groups is 1. The molecular formula is C23H32N2O3. The van der Waals surface area contributed by atoms with Gasteiger partial charge in [0, 0.05) is 18.7 Å². The summed E-state index contributed by atoms with van der Waals surface area (Å²) in [4.78, 5) is 19.5. The summed E-state index contributed by atoms with van der Waals surface area (Å²) in [5, 5.41) is 0. The van der Waals surface area contributed by atoms with Crippen LogP contribution in [0.5, 0.6) is 0 Å². The number of carbonyl (C=O) groups excluding carboxylic acids is 1. The van der Waals surface area contributed by atoms with E-state index in [0.717, 1.165) is 43.6 Å². The minimum atomic E-state index is 0.170. The molecule has 5 heteroatoms. The van der Waals surface area contributed by atoms with Crippen LogP contribution in [-0.2, 0) is 20.9 Å². The van der Waals surface area contributed by atoms with Gasteiger partial charge in [0.1, 0.15) is 0 Å². The Labute approximate surface area is 168 Å². The van der Waals surface area contributed by atoms with Gasteiger partial charge in [-0.2, -0.15) is 0 Å². The number of pyridine rings is 1. The monoisotopic (exact) mass is 384 g/mol. The zero-order valence-corrected chi connectivity index (χ0v) is 16.9. The number of nitrogens with zero attached hydrogens (tertiary/aromatic N) is 2. The third-order valence-electron chi connectivity index (χ3n) is 6.27. The molecule has 5 nitrogen and oxygen atoms in total. The van der Waals surface area contributed by atoms with Crippen LogP contribution < -0.4 is 0 Å². The Kier molecular flexibility index (Phi) is 6.43. The quantitative estimate of drug-likeness (QED) is 0.700. The van der Waals surface area contributed by atoms with Gasteiger partial charge in [-0.15, -0.1) is 0 Å². The van der Waals surface area contributed by atoms with E-state index in [9.17, 15) is 4.79 Å². The van der Waals surface area contributed by atoms with Crippen LogP contribution >= 0.6 is 0 Å². The second kappa shape index (κ2) is 9.19. The highest BCUT2D eigenvalue weighted by atomic mass is 16.5. The fourth-order valence-electron chi connectivity index (χ4n) is 4.87. The summed E-state index contributed by atoms with van der Waals surface area (Å²) in [5.41, 5.74) is 3.33. The summed E-state index contributed by atoms with van der Waals surface area (Å²) in [6.45, 7) is 4.64. The number of allylic oxidation sites excluding steroid dienone is 1. The first-order valence-corrected chi connectivity index (χ1v) is 10.8. The number of aromatic nitrogens is 1. The summed E-state index contributed by atoms with van der Waals surface area (Å²) in [6.07, 6.45) is 9.73. The van der Waals surface area contributed by atoms with Crippen molar-refractivity contribution in [2.45, 2.75) is 70.6 Å². The number of morpholine rings is 1. The Hall–Kier alpha value is -1.72. The van der Waals surface area contributed by atoms with Crippen LogP contribution in [0.25, 0.3) is 0 Å². The molecule has 4 rings (SSSR count). The van der Waals surface area contributed by atoms with Gasteiger partial charge in [-0.1, -0.05) is 17.7 Å². The lowest BCUT2D eigenvalue weighted by Crippen LogP contribution is -2.51. The summed E-state index contributed by atoms with van der Waals surface area (Å²) >= 11 is 0. The summed E-state index contributed by atoms with van der Waals surface area (Å²) in [6, 6.07) is 6.24. The van der Waals surface area contributed by atoms with Gasteiger partial charge >= 0.3 is 0 Å². The fourth-order valence-corrected chi connectivity index (χ4v) is 4.87. The molecule has 1 amide bonds. The zero-order chi connectivity index (χ0) is 19.3. The molecule has 1 aliphatic heterocycles. The predicted octanol–water partition coefficient (Wildman–Crippen LogP) is 3.80. The first-order valence-electron chi connectivity index (χ1n) is 10.8. The van der Waals surface area contributed by atoms with E-state index in [4.69, 9.17) is 9.47 Å². The molecule has 152 valence electrons. The molecule has 2 fully saturated rings. The van der Waals surface area contributed by atoms with E-state index in [-0.39, 0.29) is 18.1 Å². The Bertz CT molecular complexity index is 718. The van der Waals surface area contributed by atoms with Crippen LogP contribution in [0.3, 0.4) is 0 Å². The molecule has 0 radical (unpaired) electrons. The number of hydrogen-bond donors (Lipinski definition) is 0. The number of amides is 1. The van der Waals surface area contributed by atoms with Crippen LogP contribution in [0.4, 0.5) is 0 Å². The summed E-state index contributed by atoms with van der Waals surface area (Å²) in [5.74, 6) is 0.735. The van der Waals surface area contributed by atoms with Crippen molar-refractivity contribution in [1.82, 2.24) is 9.88 Å². The Balaban J connectivity index is 1.28. The van der Waals surface area contributed by atoms with E-state index in [1.165, 1.54) is 18.4 Å². The van der Waals surface area contributed by atoms with Gasteiger partial charge in [-0.05, 0) is 63.5 Å². The molecule has 0 aromatic carbocycles. The third-order valence-corrected chi connectivity index (χ3v) is 6.27. The number of rotatable bonds is 6. The second-order valence-electron chi connectivity index (χ2n) is 8.47. The fraction of sp³-hybridized carbons (Fsp3) is 0.652. The number of ether oxygens (including phenoxy) is 2. The molecular weight excluding hydrogens is 352 g/mol. The van der Waals surface area contributed by atoms with Crippen LogP contribution in [-0.4, -0.2) is 47.7 Å². The maximum absolute atomic E-state index is 12.9. The Morgan fingerprint density at radius 2 is 2.25 bits per heavy atom. The van der Waals surface area contributed by atoms with Gasteiger partial charge in [0.25, 0.3) is 0 Å². The lowest BCUT2D eigenvalue weighted by Gasteiger charge is -2.38. The Morgan fingerprint density at radius 1 is 1.32 bits per heavy atom. The van der Waals surface area contributed by atoms with E-state index in [1.54, 1.807) is 0 Å². The topological polar surface area (TPSA) is 51.7 Å². The maximum atomic E-state index is 12.9. The number of aryl methyl sites for hydroxylation is 1. The minimum absolute atomic E-state index is 0.170. The summed E-state index contributed by atoms with van der Waals surface area (Å²) < 4.78 is 12.0. The average molecular weight is 385 g/mol. The molecule has 1 saturated heterocycles. The predicted molar refractivity (Wildman–Crippen MR) is 108 cm³/mol. The van der Waals surface area contributed by atoms with Gasteiger partial charge in [0.15, 0.2) is 0 Å². The van der Waals surface area contributed by atoms with Crippen LogP contribution in [0.15, 0.2) is 29.8 Å². The van der Waals surface area contributed by atoms with E-state index < -0.39 is 0 Å². The van der Waals surface area contributed by atoms with Crippen molar-refractivity contribution in [3.05, 3.63) is 41.2 Å². The molecule has 0 spiro atoms. The molecule has 1 saturated carbocycles. The van der Waals surface area contributed by atoms with Crippen molar-refractivity contribution < 1.29 is 14.3 Å². The molecule has 28 heavy (non-hydrogen) atoms. The molecule has 3 aliphatic rings. The number of fused-ring (bicyclic) bond motifs is 1.